The molecule has 90 valence electrons. The van der Waals surface area contributed by atoms with Crippen LogP contribution < -0.4 is 0 Å². The number of carbonyl (C=O) groups is 2. The van der Waals surface area contributed by atoms with E-state index in [4.69, 9.17) is 0 Å². The van der Waals surface area contributed by atoms with Crippen LogP contribution in [-0.2, 0) is 9.59 Å². The van der Waals surface area contributed by atoms with Crippen molar-refractivity contribution < 1.29 is 9.59 Å². The number of amides is 1. The van der Waals surface area contributed by atoms with Crippen LogP contribution in [0.2, 0.25) is 0 Å². The van der Waals surface area contributed by atoms with Gasteiger partial charge in [-0.15, -0.1) is 0 Å². The van der Waals surface area contributed by atoms with Gasteiger partial charge < -0.3 is 4.90 Å². The van der Waals surface area contributed by atoms with Crippen molar-refractivity contribution in [3.05, 3.63) is 0 Å². The number of piperidine rings is 1. The van der Waals surface area contributed by atoms with Crippen LogP contribution in [0.25, 0.3) is 0 Å². The van der Waals surface area contributed by atoms with Crippen LogP contribution in [0, 0.1) is 11.3 Å². The van der Waals surface area contributed by atoms with Gasteiger partial charge >= 0.3 is 0 Å². The second-order valence-electron chi connectivity index (χ2n) is 5.86. The zero-order valence-electron chi connectivity index (χ0n) is 10.5. The Morgan fingerprint density at radius 2 is 2.00 bits per heavy atom. The van der Waals surface area contributed by atoms with Crippen LogP contribution in [0.5, 0.6) is 0 Å². The Morgan fingerprint density at radius 3 is 2.44 bits per heavy atom. The molecule has 1 amide bonds. The minimum atomic E-state index is -0.501. The Hall–Kier alpha value is -0.860. The summed E-state index contributed by atoms with van der Waals surface area (Å²) in [5.41, 5.74) is -0.501. The summed E-state index contributed by atoms with van der Waals surface area (Å²) >= 11 is 0. The maximum atomic E-state index is 12.1. The lowest BCUT2D eigenvalue weighted by Crippen LogP contribution is -2.46. The number of carbonyl (C=O) groups excluding carboxylic acids is 2. The van der Waals surface area contributed by atoms with Gasteiger partial charge in [0.25, 0.3) is 5.91 Å². The van der Waals surface area contributed by atoms with E-state index in [1.54, 1.807) is 0 Å². The first kappa shape index (κ1) is 11.6. The Kier molecular flexibility index (Phi) is 2.81. The average Bonchev–Trinajstić information content (AvgIpc) is 2.88. The fraction of sp³-hybridized carbons (Fsp3) is 0.846. The number of fused-ring (bicyclic) bond motifs is 2. The van der Waals surface area contributed by atoms with E-state index in [2.05, 4.69) is 0 Å². The summed E-state index contributed by atoms with van der Waals surface area (Å²) in [6.45, 7) is 6.50. The number of ketones is 1. The molecular weight excluding hydrogens is 202 g/mol. The number of hydrogen-bond acceptors (Lipinski definition) is 2. The lowest BCUT2D eigenvalue weighted by Gasteiger charge is -2.29. The minimum Gasteiger partial charge on any atom is -0.333 e. The monoisotopic (exact) mass is 223 g/mol. The van der Waals surface area contributed by atoms with Crippen molar-refractivity contribution in [1.82, 2.24) is 4.90 Å². The molecule has 2 fully saturated rings. The van der Waals surface area contributed by atoms with Gasteiger partial charge in [0.05, 0.1) is 0 Å². The molecule has 1 heterocycles. The Morgan fingerprint density at radius 1 is 1.31 bits per heavy atom. The molecule has 0 aromatic carbocycles. The first-order chi connectivity index (χ1) is 7.45. The maximum absolute atomic E-state index is 12.1. The highest BCUT2D eigenvalue weighted by Gasteiger charge is 2.44. The zero-order chi connectivity index (χ0) is 11.9. The molecule has 1 saturated carbocycles. The fourth-order valence-corrected chi connectivity index (χ4v) is 2.75. The third-order valence-corrected chi connectivity index (χ3v) is 4.36. The summed E-state index contributed by atoms with van der Waals surface area (Å²) in [6, 6.07) is 0.356. The third kappa shape index (κ3) is 1.76. The molecule has 1 saturated heterocycles. The van der Waals surface area contributed by atoms with Gasteiger partial charge in [-0.05, 0) is 31.6 Å². The van der Waals surface area contributed by atoms with Crippen LogP contribution in [0.1, 0.15) is 46.5 Å². The molecule has 0 spiro atoms. The largest absolute Gasteiger partial charge is 0.333 e. The fourth-order valence-electron chi connectivity index (χ4n) is 2.75. The van der Waals surface area contributed by atoms with E-state index in [1.165, 1.54) is 6.42 Å². The average molecular weight is 223 g/mol. The van der Waals surface area contributed by atoms with Gasteiger partial charge in [-0.1, -0.05) is 20.8 Å². The van der Waals surface area contributed by atoms with Crippen LogP contribution in [-0.4, -0.2) is 29.2 Å². The third-order valence-electron chi connectivity index (χ3n) is 4.36. The smallest absolute Gasteiger partial charge is 0.290 e. The molecule has 2 rings (SSSR count). The van der Waals surface area contributed by atoms with Crippen LogP contribution in [0.4, 0.5) is 0 Å². The molecule has 2 bridgehead atoms. The maximum Gasteiger partial charge on any atom is 0.290 e. The SMILES string of the molecule is CCC(C)(C)C(=O)C(=O)N1CC2CCC1C2. The van der Waals surface area contributed by atoms with E-state index in [1.807, 2.05) is 25.7 Å². The lowest BCUT2D eigenvalue weighted by molar-refractivity contribution is -0.150. The number of likely N-dealkylation sites (tertiary alicyclic amines) is 1. The van der Waals surface area contributed by atoms with Crippen LogP contribution in [0.15, 0.2) is 0 Å². The molecule has 3 nitrogen and oxygen atoms in total. The van der Waals surface area contributed by atoms with E-state index in [0.717, 1.165) is 25.8 Å². The predicted octanol–water partition coefficient (Wildman–Crippen LogP) is 2.00. The van der Waals surface area contributed by atoms with Gasteiger partial charge in [-0.3, -0.25) is 9.59 Å². The van der Waals surface area contributed by atoms with Gasteiger partial charge in [0.15, 0.2) is 0 Å². The quantitative estimate of drug-likeness (QED) is 0.686. The number of rotatable bonds is 3. The highest BCUT2D eigenvalue weighted by Crippen LogP contribution is 2.38. The van der Waals surface area contributed by atoms with Crippen molar-refractivity contribution in [2.24, 2.45) is 11.3 Å². The number of Topliss-reactive ketones (excluding diaryl/α,β-unsaturated/α-hetero) is 1. The molecule has 0 radical (unpaired) electrons. The lowest BCUT2D eigenvalue weighted by atomic mass is 9.84. The van der Waals surface area contributed by atoms with Gasteiger partial charge in [0.2, 0.25) is 5.78 Å². The second-order valence-corrected chi connectivity index (χ2v) is 5.86. The molecule has 2 unspecified atom stereocenters. The van der Waals surface area contributed by atoms with E-state index >= 15 is 0 Å². The molecule has 2 atom stereocenters. The van der Waals surface area contributed by atoms with E-state index in [9.17, 15) is 9.59 Å². The molecule has 3 heteroatoms. The Bertz CT molecular complexity index is 322. The first-order valence-electron chi connectivity index (χ1n) is 6.31. The summed E-state index contributed by atoms with van der Waals surface area (Å²) < 4.78 is 0. The Labute approximate surface area is 97.2 Å². The molecule has 0 aromatic heterocycles. The van der Waals surface area contributed by atoms with Crippen molar-refractivity contribution in [2.75, 3.05) is 6.54 Å². The minimum absolute atomic E-state index is 0.206. The zero-order valence-corrected chi connectivity index (χ0v) is 10.5. The van der Waals surface area contributed by atoms with Gasteiger partial charge in [0.1, 0.15) is 0 Å². The van der Waals surface area contributed by atoms with Gasteiger partial charge in [-0.25, -0.2) is 0 Å². The van der Waals surface area contributed by atoms with Crippen molar-refractivity contribution >= 4 is 11.7 Å². The van der Waals surface area contributed by atoms with Crippen molar-refractivity contribution in [3.63, 3.8) is 0 Å². The summed E-state index contributed by atoms with van der Waals surface area (Å²) in [5.74, 6) is 0.216. The number of nitrogens with zero attached hydrogens (tertiary/aromatic N) is 1. The second kappa shape index (κ2) is 3.86. The summed E-state index contributed by atoms with van der Waals surface area (Å²) in [6.07, 6.45) is 4.17. The first-order valence-corrected chi connectivity index (χ1v) is 6.31. The highest BCUT2D eigenvalue weighted by atomic mass is 16.2. The summed E-state index contributed by atoms with van der Waals surface area (Å²) in [4.78, 5) is 26.0. The van der Waals surface area contributed by atoms with E-state index < -0.39 is 5.41 Å². The molecule has 16 heavy (non-hydrogen) atoms. The van der Waals surface area contributed by atoms with Crippen LogP contribution in [0.3, 0.4) is 0 Å². The molecule has 1 aliphatic carbocycles. The summed E-state index contributed by atoms with van der Waals surface area (Å²) in [7, 11) is 0. The van der Waals surface area contributed by atoms with E-state index in [-0.39, 0.29) is 11.7 Å². The normalized spacial score (nSPS) is 28.6. The summed E-state index contributed by atoms with van der Waals surface area (Å²) in [5, 5.41) is 0. The predicted molar refractivity (Wildman–Crippen MR) is 61.9 cm³/mol. The highest BCUT2D eigenvalue weighted by molar-refractivity contribution is 6.38. The van der Waals surface area contributed by atoms with Crippen LogP contribution >= 0.6 is 0 Å². The molecular formula is C13H21NO2. The molecule has 0 N–H and O–H groups in total. The molecule has 0 aromatic rings. The Balaban J connectivity index is 2.06. The number of hydrogen-bond donors (Lipinski definition) is 0. The molecule has 1 aliphatic heterocycles. The van der Waals surface area contributed by atoms with Crippen molar-refractivity contribution in [2.45, 2.75) is 52.5 Å². The van der Waals surface area contributed by atoms with Crippen molar-refractivity contribution in [1.29, 1.82) is 0 Å². The van der Waals surface area contributed by atoms with E-state index in [0.29, 0.717) is 12.0 Å². The van der Waals surface area contributed by atoms with Crippen molar-refractivity contribution in [3.8, 4) is 0 Å². The van der Waals surface area contributed by atoms with Gasteiger partial charge in [0, 0.05) is 18.0 Å². The topological polar surface area (TPSA) is 37.4 Å². The van der Waals surface area contributed by atoms with Gasteiger partial charge in [-0.2, -0.15) is 0 Å². The molecule has 2 aliphatic rings. The standard InChI is InChI=1S/C13H21NO2/c1-4-13(2,3)11(15)12(16)14-8-9-5-6-10(14)7-9/h9-10H,4-8H2,1-3H3.